The number of hydrogen-bond acceptors (Lipinski definition) is 4. The zero-order chi connectivity index (χ0) is 23.3. The highest BCUT2D eigenvalue weighted by molar-refractivity contribution is 5.94. The van der Waals surface area contributed by atoms with Crippen molar-refractivity contribution in [3.05, 3.63) is 53.6 Å². The van der Waals surface area contributed by atoms with Crippen LogP contribution in [0.15, 0.2) is 42.5 Å². The number of nitrogens with zero attached hydrogens (tertiary/aromatic N) is 1. The van der Waals surface area contributed by atoms with Crippen molar-refractivity contribution in [2.45, 2.75) is 32.4 Å². The zero-order valence-electron chi connectivity index (χ0n) is 17.9. The molecule has 0 fully saturated rings. The summed E-state index contributed by atoms with van der Waals surface area (Å²) in [6.45, 7) is 4.62. The van der Waals surface area contributed by atoms with Gasteiger partial charge in [-0.25, -0.2) is 0 Å². The molecule has 0 saturated heterocycles. The second-order valence-electron chi connectivity index (χ2n) is 7.54. The summed E-state index contributed by atoms with van der Waals surface area (Å²) in [7, 11) is 0. The van der Waals surface area contributed by atoms with E-state index in [-0.39, 0.29) is 30.7 Å². The molecule has 0 bridgehead atoms. The lowest BCUT2D eigenvalue weighted by Crippen LogP contribution is -2.38. The van der Waals surface area contributed by atoms with Crippen molar-refractivity contribution in [3.8, 4) is 11.5 Å². The number of carbonyl (C=O) groups is 2. The van der Waals surface area contributed by atoms with Gasteiger partial charge in [0.25, 0.3) is 0 Å². The van der Waals surface area contributed by atoms with Crippen molar-refractivity contribution < 1.29 is 32.2 Å². The van der Waals surface area contributed by atoms with Gasteiger partial charge in [0.15, 0.2) is 11.5 Å². The molecule has 2 aromatic rings. The molecular weight excluding hydrogens is 425 g/mol. The molecule has 2 amide bonds. The highest BCUT2D eigenvalue weighted by Gasteiger charge is 2.30. The lowest BCUT2D eigenvalue weighted by atomic mass is 9.96. The summed E-state index contributed by atoms with van der Waals surface area (Å²) in [5, 5.41) is 2.74. The number of ether oxygens (including phenoxy) is 2. The summed E-state index contributed by atoms with van der Waals surface area (Å²) >= 11 is 0. The largest absolute Gasteiger partial charge is 0.486 e. The van der Waals surface area contributed by atoms with Gasteiger partial charge in [-0.2, -0.15) is 13.2 Å². The molecule has 0 spiro atoms. The summed E-state index contributed by atoms with van der Waals surface area (Å²) in [6, 6.07) is 9.84. The minimum Gasteiger partial charge on any atom is -0.486 e. The molecule has 3 rings (SSSR count). The lowest BCUT2D eigenvalue weighted by molar-refractivity contribution is -0.137. The third kappa shape index (κ3) is 5.93. The molecule has 0 radical (unpaired) electrons. The Balaban J connectivity index is 1.56. The Morgan fingerprint density at radius 2 is 1.72 bits per heavy atom. The van der Waals surface area contributed by atoms with Crippen LogP contribution in [0.25, 0.3) is 0 Å². The summed E-state index contributed by atoms with van der Waals surface area (Å²) in [4.78, 5) is 26.6. The number of likely N-dealkylation sites (N-methyl/N-ethyl adjacent to an activating group) is 1. The number of halogens is 3. The molecule has 1 atom stereocenters. The molecule has 9 heteroatoms. The minimum atomic E-state index is -4.40. The van der Waals surface area contributed by atoms with E-state index < -0.39 is 11.7 Å². The Hall–Kier alpha value is -3.23. The maximum absolute atomic E-state index is 12.7. The van der Waals surface area contributed by atoms with E-state index in [1.165, 1.54) is 17.0 Å². The predicted octanol–water partition coefficient (Wildman–Crippen LogP) is 4.46. The van der Waals surface area contributed by atoms with Crippen molar-refractivity contribution in [2.24, 2.45) is 0 Å². The van der Waals surface area contributed by atoms with Gasteiger partial charge in [0.05, 0.1) is 12.1 Å². The number of alkyl halides is 3. The summed E-state index contributed by atoms with van der Waals surface area (Å²) < 4.78 is 49.1. The van der Waals surface area contributed by atoms with E-state index >= 15 is 0 Å². The maximum atomic E-state index is 12.7. The number of nitrogens with one attached hydrogen (secondary N) is 1. The monoisotopic (exact) mass is 450 g/mol. The molecule has 1 aliphatic heterocycles. The van der Waals surface area contributed by atoms with Crippen LogP contribution in [-0.4, -0.2) is 43.0 Å². The molecule has 1 N–H and O–H groups in total. The topological polar surface area (TPSA) is 67.9 Å². The number of amides is 2. The number of benzene rings is 2. The van der Waals surface area contributed by atoms with E-state index in [9.17, 15) is 22.8 Å². The van der Waals surface area contributed by atoms with Gasteiger partial charge in [0.1, 0.15) is 13.2 Å². The quantitative estimate of drug-likeness (QED) is 0.677. The van der Waals surface area contributed by atoms with Crippen molar-refractivity contribution in [1.29, 1.82) is 0 Å². The van der Waals surface area contributed by atoms with Gasteiger partial charge in [0.2, 0.25) is 11.8 Å². The second kappa shape index (κ2) is 9.93. The fourth-order valence-corrected chi connectivity index (χ4v) is 3.38. The third-order valence-electron chi connectivity index (χ3n) is 5.18. The molecule has 1 heterocycles. The minimum absolute atomic E-state index is 0.0799. The first-order chi connectivity index (χ1) is 15.2. The first-order valence-electron chi connectivity index (χ1n) is 10.3. The molecule has 172 valence electrons. The van der Waals surface area contributed by atoms with E-state index in [4.69, 9.17) is 9.47 Å². The van der Waals surface area contributed by atoms with Crippen molar-refractivity contribution >= 4 is 17.5 Å². The van der Waals surface area contributed by atoms with Gasteiger partial charge < -0.3 is 19.7 Å². The number of hydrogen-bond donors (Lipinski definition) is 1. The molecular formula is C23H25F3N2O4. The van der Waals surface area contributed by atoms with Crippen LogP contribution in [0.4, 0.5) is 18.9 Å². The molecule has 2 aromatic carbocycles. The fourth-order valence-electron chi connectivity index (χ4n) is 3.38. The van der Waals surface area contributed by atoms with Crippen LogP contribution < -0.4 is 14.8 Å². The summed E-state index contributed by atoms with van der Waals surface area (Å²) in [6.07, 6.45) is -4.32. The van der Waals surface area contributed by atoms with Crippen LogP contribution in [0.2, 0.25) is 0 Å². The summed E-state index contributed by atoms with van der Waals surface area (Å²) in [5.41, 5.74) is 0.426. The Labute approximate surface area is 184 Å². The van der Waals surface area contributed by atoms with Gasteiger partial charge in [-0.05, 0) is 42.7 Å². The van der Waals surface area contributed by atoms with Crippen LogP contribution in [0.3, 0.4) is 0 Å². The smallest absolute Gasteiger partial charge is 0.416 e. The van der Waals surface area contributed by atoms with Crippen molar-refractivity contribution in [2.75, 3.05) is 31.6 Å². The highest BCUT2D eigenvalue weighted by Crippen LogP contribution is 2.33. The number of carbonyl (C=O) groups excluding carboxylic acids is 2. The van der Waals surface area contributed by atoms with E-state index in [1.54, 1.807) is 32.0 Å². The van der Waals surface area contributed by atoms with Gasteiger partial charge in [0, 0.05) is 24.7 Å². The molecule has 6 nitrogen and oxygen atoms in total. The fraction of sp³-hybridized carbons (Fsp3) is 0.391. The molecule has 32 heavy (non-hydrogen) atoms. The first kappa shape index (κ1) is 23.4. The molecule has 0 aromatic heterocycles. The van der Waals surface area contributed by atoms with Crippen LogP contribution in [-0.2, 0) is 15.8 Å². The van der Waals surface area contributed by atoms with Crippen LogP contribution in [0.5, 0.6) is 11.5 Å². The Bertz CT molecular complexity index is 961. The normalized spacial score (nSPS) is 13.9. The molecule has 1 unspecified atom stereocenters. The Morgan fingerprint density at radius 3 is 2.34 bits per heavy atom. The number of anilines is 1. The van der Waals surface area contributed by atoms with Crippen molar-refractivity contribution in [1.82, 2.24) is 4.90 Å². The van der Waals surface area contributed by atoms with Crippen molar-refractivity contribution in [3.63, 3.8) is 0 Å². The first-order valence-corrected chi connectivity index (χ1v) is 10.3. The molecule has 0 aliphatic carbocycles. The van der Waals surface area contributed by atoms with Crippen LogP contribution in [0.1, 0.15) is 37.3 Å². The van der Waals surface area contributed by atoms with E-state index in [0.717, 1.165) is 12.1 Å². The number of rotatable bonds is 7. The zero-order valence-corrected chi connectivity index (χ0v) is 17.9. The van der Waals surface area contributed by atoms with E-state index in [1.807, 2.05) is 0 Å². The van der Waals surface area contributed by atoms with Gasteiger partial charge in [-0.3, -0.25) is 9.59 Å². The molecule has 1 aliphatic rings. The predicted molar refractivity (Wildman–Crippen MR) is 113 cm³/mol. The highest BCUT2D eigenvalue weighted by atomic mass is 19.4. The van der Waals surface area contributed by atoms with Crippen LogP contribution >= 0.6 is 0 Å². The van der Waals surface area contributed by atoms with Crippen LogP contribution in [0, 0.1) is 0 Å². The number of fused-ring (bicyclic) bond motifs is 1. The Kier molecular flexibility index (Phi) is 7.27. The van der Waals surface area contributed by atoms with E-state index in [2.05, 4.69) is 5.32 Å². The lowest BCUT2D eigenvalue weighted by Gasteiger charge is -2.23. The van der Waals surface area contributed by atoms with E-state index in [0.29, 0.717) is 42.5 Å². The SMILES string of the molecule is CCN(CC(=O)Nc1ccc2c(c1)OCCO2)C(=O)CC(C)c1ccc(C(F)(F)F)cc1. The standard InChI is InChI=1S/C23H25F3N2O4/c1-3-28(14-21(29)27-18-8-9-19-20(13-18)32-11-10-31-19)22(30)12-15(2)16-4-6-17(7-5-16)23(24,25)26/h4-9,13,15H,3,10-12,14H2,1-2H3,(H,27,29). The molecule has 0 saturated carbocycles. The average molecular weight is 450 g/mol. The van der Waals surface area contributed by atoms with Gasteiger partial charge in [-0.1, -0.05) is 19.1 Å². The average Bonchev–Trinajstić information content (AvgIpc) is 2.76. The third-order valence-corrected chi connectivity index (χ3v) is 5.18. The maximum Gasteiger partial charge on any atom is 0.416 e. The summed E-state index contributed by atoms with van der Waals surface area (Å²) in [5.74, 6) is 0.246. The van der Waals surface area contributed by atoms with Gasteiger partial charge in [-0.15, -0.1) is 0 Å². The second-order valence-corrected chi connectivity index (χ2v) is 7.54. The Morgan fingerprint density at radius 1 is 1.06 bits per heavy atom. The van der Waals surface area contributed by atoms with Gasteiger partial charge >= 0.3 is 6.18 Å².